The Morgan fingerprint density at radius 2 is 1.86 bits per heavy atom. The van der Waals surface area contributed by atoms with Gasteiger partial charge >= 0.3 is 0 Å². The number of halogens is 1. The number of nitrogen functional groups attached to an aromatic ring is 1. The fourth-order valence-corrected chi connectivity index (χ4v) is 7.91. The molecule has 7 rings (SSSR count). The fraction of sp³-hybridized carbons (Fsp3) is 0.310. The molecule has 2 unspecified atom stereocenters. The summed E-state index contributed by atoms with van der Waals surface area (Å²) in [6, 6.07) is 9.04. The van der Waals surface area contributed by atoms with Crippen molar-refractivity contribution in [1.82, 2.24) is 39.7 Å². The van der Waals surface area contributed by atoms with Crippen LogP contribution < -0.4 is 10.5 Å². The van der Waals surface area contributed by atoms with Gasteiger partial charge in [-0.15, -0.1) is 10.2 Å². The third kappa shape index (κ3) is 4.65. The van der Waals surface area contributed by atoms with E-state index in [1.54, 1.807) is 31.6 Å². The molecule has 226 valence electrons. The van der Waals surface area contributed by atoms with E-state index < -0.39 is 9.84 Å². The molecule has 2 saturated heterocycles. The van der Waals surface area contributed by atoms with Gasteiger partial charge in [0.05, 0.1) is 29.7 Å². The molecule has 5 aromatic rings. The number of hydrogen-bond donors (Lipinski definition) is 2. The molecule has 2 aliphatic heterocycles. The number of aromatic nitrogens is 7. The van der Waals surface area contributed by atoms with E-state index in [2.05, 4.69) is 25.3 Å². The highest BCUT2D eigenvalue weighted by Gasteiger charge is 2.46. The minimum Gasteiger partial charge on any atom is -0.495 e. The summed E-state index contributed by atoms with van der Waals surface area (Å²) in [4.78, 5) is 27.4. The van der Waals surface area contributed by atoms with Gasteiger partial charge in [0.1, 0.15) is 22.8 Å². The number of nitrogens with two attached hydrogens (primary N) is 1. The lowest BCUT2D eigenvalue weighted by Crippen LogP contribution is -2.46. The number of pyridine rings is 1. The van der Waals surface area contributed by atoms with Gasteiger partial charge < -0.3 is 20.4 Å². The zero-order valence-electron chi connectivity index (χ0n) is 23.8. The van der Waals surface area contributed by atoms with Crippen LogP contribution in [0.15, 0.2) is 53.9 Å². The van der Waals surface area contributed by atoms with Gasteiger partial charge in [-0.1, -0.05) is 17.7 Å². The molecule has 1 amide bonds. The number of piperidine rings is 1. The van der Waals surface area contributed by atoms with Crippen molar-refractivity contribution in [2.75, 3.05) is 19.1 Å². The van der Waals surface area contributed by atoms with Crippen molar-refractivity contribution >= 4 is 38.8 Å². The number of aromatic amines is 1. The first-order chi connectivity index (χ1) is 21.1. The fourth-order valence-electron chi connectivity index (χ4n) is 6.59. The number of rotatable bonds is 6. The SMILES string of the molecule is COc1ccc(-c2ccc(-c3cnn4c(N)c(S(C)(=O)=O)c(C5CC6CCC(C5)N6C(=O)c5nnc[nH]5)nc34)cn2)cc1Cl. The average Bonchev–Trinajstić information content (AvgIpc) is 3.75. The molecule has 6 heterocycles. The van der Waals surface area contributed by atoms with Crippen molar-refractivity contribution in [1.29, 1.82) is 0 Å². The first-order valence-corrected chi connectivity index (χ1v) is 16.3. The number of methoxy groups -OCH3 is 1. The maximum absolute atomic E-state index is 13.2. The van der Waals surface area contributed by atoms with Crippen LogP contribution in [0, 0.1) is 0 Å². The van der Waals surface area contributed by atoms with E-state index in [1.807, 2.05) is 23.1 Å². The molecule has 2 bridgehead atoms. The summed E-state index contributed by atoms with van der Waals surface area (Å²) in [5.74, 6) is 0.340. The Morgan fingerprint density at radius 1 is 1.11 bits per heavy atom. The van der Waals surface area contributed by atoms with Crippen molar-refractivity contribution in [2.45, 2.75) is 48.6 Å². The van der Waals surface area contributed by atoms with Gasteiger partial charge in [0.25, 0.3) is 5.91 Å². The standard InChI is InChI=1S/C29H28ClN9O4S/c1-43-23-8-4-15(11-21(23)30)22-7-3-16(12-32-22)20-13-35-39-26(31)25(44(2,41)42)24(36-28(20)39)17-9-18-5-6-19(10-17)38(18)29(40)27-33-14-34-37-27/h3-4,7-8,11-14,17-19H,5-6,9-10,31H2,1-2H3,(H,33,34,37). The van der Waals surface area contributed by atoms with E-state index >= 15 is 0 Å². The molecule has 44 heavy (non-hydrogen) atoms. The lowest BCUT2D eigenvalue weighted by atomic mass is 9.87. The minimum atomic E-state index is -3.77. The smallest absolute Gasteiger partial charge is 0.292 e. The number of nitrogens with zero attached hydrogens (tertiary/aromatic N) is 7. The summed E-state index contributed by atoms with van der Waals surface area (Å²) in [6.45, 7) is 0. The number of benzene rings is 1. The molecule has 3 N–H and O–H groups in total. The van der Waals surface area contributed by atoms with E-state index in [-0.39, 0.29) is 40.4 Å². The van der Waals surface area contributed by atoms with E-state index in [4.69, 9.17) is 27.1 Å². The third-order valence-corrected chi connectivity index (χ3v) is 9.99. The lowest BCUT2D eigenvalue weighted by molar-refractivity contribution is 0.0556. The van der Waals surface area contributed by atoms with Gasteiger partial charge in [-0.3, -0.25) is 9.78 Å². The Balaban J connectivity index is 1.26. The summed E-state index contributed by atoms with van der Waals surface area (Å²) in [5, 5.41) is 12.5. The summed E-state index contributed by atoms with van der Waals surface area (Å²) >= 11 is 6.31. The molecule has 0 saturated carbocycles. The second-order valence-corrected chi connectivity index (χ2v) is 13.5. The van der Waals surface area contributed by atoms with Crippen molar-refractivity contribution in [2.24, 2.45) is 0 Å². The van der Waals surface area contributed by atoms with Gasteiger partial charge in [0, 0.05) is 47.1 Å². The van der Waals surface area contributed by atoms with Gasteiger partial charge in [-0.05, 0) is 49.9 Å². The molecule has 1 aromatic carbocycles. The Kier molecular flexibility index (Phi) is 6.77. The molecular formula is C29H28ClN9O4S. The van der Waals surface area contributed by atoms with Crippen LogP contribution in [0.4, 0.5) is 5.82 Å². The zero-order chi connectivity index (χ0) is 30.7. The number of hydrogen-bond acceptors (Lipinski definition) is 10. The molecule has 0 spiro atoms. The number of carbonyl (C=O) groups is 1. The van der Waals surface area contributed by atoms with Gasteiger partial charge in [0.2, 0.25) is 5.82 Å². The summed E-state index contributed by atoms with van der Waals surface area (Å²) in [6.07, 6.45) is 8.54. The first kappa shape index (κ1) is 28.2. The van der Waals surface area contributed by atoms with Crippen LogP contribution in [-0.4, -0.2) is 79.4 Å². The average molecular weight is 634 g/mol. The number of anilines is 1. The maximum atomic E-state index is 13.2. The van der Waals surface area contributed by atoms with Crippen LogP contribution in [0.3, 0.4) is 0 Å². The van der Waals surface area contributed by atoms with Gasteiger partial charge in [-0.25, -0.2) is 13.4 Å². The summed E-state index contributed by atoms with van der Waals surface area (Å²) in [7, 11) is -2.21. The minimum absolute atomic E-state index is 0.00344. The predicted octanol–water partition coefficient (Wildman–Crippen LogP) is 3.77. The quantitative estimate of drug-likeness (QED) is 0.280. The molecule has 4 aromatic heterocycles. The zero-order valence-corrected chi connectivity index (χ0v) is 25.4. The topological polar surface area (TPSA) is 174 Å². The van der Waals surface area contributed by atoms with E-state index in [9.17, 15) is 13.2 Å². The monoisotopic (exact) mass is 633 g/mol. The number of sulfone groups is 1. The Bertz CT molecular complexity index is 2000. The maximum Gasteiger partial charge on any atom is 0.292 e. The van der Waals surface area contributed by atoms with Crippen LogP contribution in [0.1, 0.15) is 47.9 Å². The molecule has 0 aliphatic carbocycles. The Morgan fingerprint density at radius 3 is 2.48 bits per heavy atom. The number of amides is 1. The van der Waals surface area contributed by atoms with E-state index in [1.165, 1.54) is 10.8 Å². The molecule has 2 aliphatic rings. The highest BCUT2D eigenvalue weighted by Crippen LogP contribution is 2.45. The van der Waals surface area contributed by atoms with Gasteiger partial charge in [-0.2, -0.15) is 9.61 Å². The Hall–Kier alpha value is -4.56. The van der Waals surface area contributed by atoms with Crippen LogP contribution in [-0.2, 0) is 9.84 Å². The van der Waals surface area contributed by atoms with Crippen molar-refractivity contribution < 1.29 is 17.9 Å². The van der Waals surface area contributed by atoms with Gasteiger partial charge in [0.15, 0.2) is 15.5 Å². The highest BCUT2D eigenvalue weighted by atomic mass is 35.5. The number of fused-ring (bicyclic) bond motifs is 3. The number of carbonyl (C=O) groups excluding carboxylic acids is 1. The van der Waals surface area contributed by atoms with E-state index in [0.717, 1.165) is 30.2 Å². The van der Waals surface area contributed by atoms with Crippen LogP contribution in [0.2, 0.25) is 5.02 Å². The summed E-state index contributed by atoms with van der Waals surface area (Å²) < 4.78 is 32.8. The Labute approximate surface area is 257 Å². The first-order valence-electron chi connectivity index (χ1n) is 14.0. The predicted molar refractivity (Wildman–Crippen MR) is 162 cm³/mol. The number of H-pyrrole nitrogens is 1. The largest absolute Gasteiger partial charge is 0.495 e. The molecule has 2 atom stereocenters. The molecule has 2 fully saturated rings. The molecule has 13 nitrogen and oxygen atoms in total. The third-order valence-electron chi connectivity index (χ3n) is 8.53. The molecular weight excluding hydrogens is 606 g/mol. The summed E-state index contributed by atoms with van der Waals surface area (Å²) in [5.41, 5.74) is 10.3. The molecule has 15 heteroatoms. The van der Waals surface area contributed by atoms with Crippen LogP contribution >= 0.6 is 11.6 Å². The van der Waals surface area contributed by atoms with Crippen molar-refractivity contribution in [3.63, 3.8) is 0 Å². The van der Waals surface area contributed by atoms with E-state index in [0.29, 0.717) is 46.2 Å². The van der Waals surface area contributed by atoms with Crippen molar-refractivity contribution in [3.8, 4) is 28.1 Å². The molecule has 0 radical (unpaired) electrons. The number of nitrogens with one attached hydrogen (secondary N) is 1. The lowest BCUT2D eigenvalue weighted by Gasteiger charge is -2.38. The second kappa shape index (κ2) is 10.6. The van der Waals surface area contributed by atoms with Crippen LogP contribution in [0.5, 0.6) is 5.75 Å². The highest BCUT2D eigenvalue weighted by molar-refractivity contribution is 7.91. The van der Waals surface area contributed by atoms with Crippen LogP contribution in [0.25, 0.3) is 28.0 Å². The normalized spacial score (nSPS) is 19.9. The second-order valence-electron chi connectivity index (χ2n) is 11.2. The number of ether oxygens (including phenoxy) is 1. The van der Waals surface area contributed by atoms with Crippen molar-refractivity contribution in [3.05, 3.63) is 65.6 Å².